The summed E-state index contributed by atoms with van der Waals surface area (Å²) in [4.78, 5) is 36.4. The second kappa shape index (κ2) is 11.2. The van der Waals surface area contributed by atoms with Gasteiger partial charge in [0, 0.05) is 0 Å². The summed E-state index contributed by atoms with van der Waals surface area (Å²) >= 11 is 0. The summed E-state index contributed by atoms with van der Waals surface area (Å²) in [6.45, 7) is 5.40. The van der Waals surface area contributed by atoms with Gasteiger partial charge in [-0.2, -0.15) is 9.97 Å². The maximum absolute atomic E-state index is 16.3. The van der Waals surface area contributed by atoms with E-state index in [1.165, 1.54) is 17.8 Å². The lowest BCUT2D eigenvalue weighted by atomic mass is 9.98. The van der Waals surface area contributed by atoms with Gasteiger partial charge in [0.2, 0.25) is 11.8 Å². The highest BCUT2D eigenvalue weighted by Crippen LogP contribution is 2.59. The zero-order chi connectivity index (χ0) is 28.5. The molecule has 0 spiro atoms. The van der Waals surface area contributed by atoms with Crippen LogP contribution >= 0.6 is 7.82 Å². The first-order valence-electron chi connectivity index (χ1n) is 12.0. The van der Waals surface area contributed by atoms with Crippen molar-refractivity contribution in [3.8, 4) is 5.88 Å². The lowest BCUT2D eigenvalue weighted by Gasteiger charge is -2.34. The largest absolute Gasteiger partial charge is 0.476 e. The third kappa shape index (κ3) is 5.91. The van der Waals surface area contributed by atoms with Crippen molar-refractivity contribution in [3.05, 3.63) is 6.33 Å². The summed E-state index contributed by atoms with van der Waals surface area (Å²) < 4.78 is 67.8. The number of nitrogens with two attached hydrogens (primary N) is 1. The number of halogens is 1. The lowest BCUT2D eigenvalue weighted by Crippen LogP contribution is -2.47. The number of hydrogen-bond donors (Lipinski definition) is 2. The van der Waals surface area contributed by atoms with E-state index in [0.29, 0.717) is 0 Å². The van der Waals surface area contributed by atoms with Crippen molar-refractivity contribution in [2.24, 2.45) is 0 Å². The van der Waals surface area contributed by atoms with Crippen LogP contribution in [0.25, 0.3) is 11.2 Å². The molecule has 2 saturated heterocycles. The van der Waals surface area contributed by atoms with Gasteiger partial charge in [-0.3, -0.25) is 18.1 Å². The number of carbonyl (C=O) groups excluding carboxylic acids is 2. The number of anilines is 1. The Labute approximate surface area is 222 Å². The maximum atomic E-state index is 16.3. The molecule has 39 heavy (non-hydrogen) atoms. The number of nitrogens with one attached hydrogen (secondary N) is 1. The van der Waals surface area contributed by atoms with Gasteiger partial charge in [-0.25, -0.2) is 23.5 Å². The molecule has 18 heteroatoms. The summed E-state index contributed by atoms with van der Waals surface area (Å²) in [5, 5.41) is 2.22. The Kier molecular flexibility index (Phi) is 8.28. The van der Waals surface area contributed by atoms with Gasteiger partial charge in [0.15, 0.2) is 29.1 Å². The highest BCUT2D eigenvalue weighted by molar-refractivity contribution is 7.48. The first-order valence-corrected chi connectivity index (χ1v) is 13.4. The predicted molar refractivity (Wildman–Crippen MR) is 129 cm³/mol. The number of imidazole rings is 1. The monoisotopic (exact) mass is 576 g/mol. The molecule has 2 fully saturated rings. The van der Waals surface area contributed by atoms with Gasteiger partial charge in [-0.1, -0.05) is 0 Å². The number of methoxy groups -OCH3 is 1. The summed E-state index contributed by atoms with van der Waals surface area (Å²) in [5.41, 5.74) is 3.90. The van der Waals surface area contributed by atoms with Crippen LogP contribution in [0.5, 0.6) is 5.88 Å². The molecule has 2 aromatic heterocycles. The van der Waals surface area contributed by atoms with Gasteiger partial charge in [-0.15, -0.1) is 0 Å². The van der Waals surface area contributed by atoms with Crippen LogP contribution in [0.2, 0.25) is 0 Å². The predicted octanol–water partition coefficient (Wildman–Crippen LogP) is 1.65. The van der Waals surface area contributed by atoms with E-state index >= 15 is 4.39 Å². The molecule has 0 aliphatic carbocycles. The second-order valence-electron chi connectivity index (χ2n) is 9.06. The molecule has 3 N–H and O–H groups in total. The van der Waals surface area contributed by atoms with E-state index in [9.17, 15) is 14.2 Å². The Morgan fingerprint density at radius 2 is 2.13 bits per heavy atom. The number of fused-ring (bicyclic) bond motifs is 2. The Balaban J connectivity index is 1.53. The number of esters is 1. The highest BCUT2D eigenvalue weighted by Gasteiger charge is 2.62. The van der Waals surface area contributed by atoms with Crippen molar-refractivity contribution in [2.45, 2.75) is 63.9 Å². The maximum Gasteiger partial charge on any atom is 0.475 e. The number of hydrogen-bond acceptors (Lipinski definition) is 14. The van der Waals surface area contributed by atoms with E-state index in [0.717, 1.165) is 7.11 Å². The minimum absolute atomic E-state index is 0.118. The van der Waals surface area contributed by atoms with Gasteiger partial charge in [0.05, 0.1) is 39.4 Å². The average Bonchev–Trinajstić information content (AvgIpc) is 3.39. The van der Waals surface area contributed by atoms with Crippen LogP contribution in [0.3, 0.4) is 0 Å². The second-order valence-corrected chi connectivity index (χ2v) is 10.7. The van der Waals surface area contributed by atoms with Crippen molar-refractivity contribution >= 4 is 37.0 Å². The van der Waals surface area contributed by atoms with Crippen molar-refractivity contribution in [1.29, 1.82) is 0 Å². The number of nitrogens with zero attached hydrogens (tertiary/aromatic N) is 4. The van der Waals surface area contributed by atoms with E-state index in [-0.39, 0.29) is 36.2 Å². The molecule has 2 aliphatic heterocycles. The summed E-state index contributed by atoms with van der Waals surface area (Å²) in [7, 11) is -3.34. The Morgan fingerprint density at radius 3 is 2.79 bits per heavy atom. The molecule has 1 unspecified atom stereocenters. The van der Waals surface area contributed by atoms with E-state index < -0.39 is 62.7 Å². The van der Waals surface area contributed by atoms with Crippen LogP contribution in [0, 0.1) is 0 Å². The number of alkyl carbamates (subject to hydrolysis) is 1. The lowest BCUT2D eigenvalue weighted by molar-refractivity contribution is -0.151. The van der Waals surface area contributed by atoms with E-state index in [4.69, 9.17) is 33.5 Å². The van der Waals surface area contributed by atoms with Crippen molar-refractivity contribution in [2.75, 3.05) is 32.7 Å². The molecule has 16 nitrogen and oxygen atoms in total. The Bertz CT molecular complexity index is 1280. The van der Waals surface area contributed by atoms with Crippen LogP contribution in [-0.2, 0) is 37.1 Å². The highest BCUT2D eigenvalue weighted by atomic mass is 31.2. The van der Waals surface area contributed by atoms with Gasteiger partial charge in [-0.05, 0) is 27.7 Å². The fourth-order valence-electron chi connectivity index (χ4n) is 4.08. The molecule has 4 heterocycles. The fraction of sp³-hybridized carbons (Fsp3) is 0.667. The summed E-state index contributed by atoms with van der Waals surface area (Å²) in [6.07, 6.45) is -3.93. The molecule has 6 atom stereocenters. The molecule has 0 radical (unpaired) electrons. The summed E-state index contributed by atoms with van der Waals surface area (Å²) in [6, 6.07) is -1.41. The molecule has 0 aromatic carbocycles. The number of ether oxygens (including phenoxy) is 4. The minimum atomic E-state index is -4.43. The number of rotatable bonds is 9. The Morgan fingerprint density at radius 1 is 1.38 bits per heavy atom. The molecule has 0 saturated carbocycles. The zero-order valence-corrected chi connectivity index (χ0v) is 22.8. The van der Waals surface area contributed by atoms with Gasteiger partial charge < -0.3 is 30.0 Å². The van der Waals surface area contributed by atoms with Crippen molar-refractivity contribution in [3.63, 3.8) is 0 Å². The third-order valence-corrected chi connectivity index (χ3v) is 7.19. The fourth-order valence-corrected chi connectivity index (χ4v) is 5.55. The van der Waals surface area contributed by atoms with E-state index in [2.05, 4.69) is 25.0 Å². The number of phosphoric ester groups is 1. The quantitative estimate of drug-likeness (QED) is 0.323. The van der Waals surface area contributed by atoms with Gasteiger partial charge >= 0.3 is 19.9 Å². The van der Waals surface area contributed by atoms with Crippen molar-refractivity contribution in [1.82, 2.24) is 24.8 Å². The topological polar surface area (TPSA) is 197 Å². The van der Waals surface area contributed by atoms with Gasteiger partial charge in [0.1, 0.15) is 12.2 Å². The van der Waals surface area contributed by atoms with Crippen LogP contribution in [0.1, 0.15) is 33.9 Å². The molecule has 2 aromatic rings. The Hall–Kier alpha value is -3.11. The molecule has 2 aliphatic rings. The number of alkyl halides is 1. The van der Waals surface area contributed by atoms with Gasteiger partial charge in [0.25, 0.3) is 0 Å². The molecule has 216 valence electrons. The SMILES string of the molecule is CCOc1nc(N)nc2c1ncn2[C@@H]1O[C@@H]2COP(=O)(OC[C@H](NC(=O)OC)C(=O)OC(C)C)O[C@H]2[C@@]1(C)F. The molecular formula is C21H30FN6O10P. The number of amides is 1. The minimum Gasteiger partial charge on any atom is -0.476 e. The van der Waals surface area contributed by atoms with Crippen molar-refractivity contribution < 1.29 is 51.1 Å². The normalized spacial score (nSPS) is 29.2. The number of aromatic nitrogens is 4. The average molecular weight is 576 g/mol. The molecule has 0 bridgehead atoms. The standard InChI is InChI=1S/C21H30FN6O10P/c1-6-33-16-13-15(26-19(23)27-16)28(9-24-13)18-21(4,22)14-12(37-18)8-35-39(31,38-14)34-7-11(25-20(30)32-5)17(29)36-10(2)3/h9-12,14,18H,6-8H2,1-5H3,(H,25,30)(H2,23,26,27)/t11-,12+,14+,18+,21+,39?/m0/s1. The van der Waals surface area contributed by atoms with Crippen LogP contribution in [-0.4, -0.2) is 88.5 Å². The number of phosphoric acid groups is 1. The number of carbonyl (C=O) groups is 2. The number of nitrogen functional groups attached to an aromatic ring is 1. The van der Waals surface area contributed by atoms with E-state index in [1.807, 2.05) is 0 Å². The first kappa shape index (κ1) is 28.9. The molecule has 1 amide bonds. The zero-order valence-electron chi connectivity index (χ0n) is 21.9. The van der Waals surface area contributed by atoms with Crippen LogP contribution < -0.4 is 15.8 Å². The van der Waals surface area contributed by atoms with Crippen LogP contribution in [0.4, 0.5) is 15.1 Å². The van der Waals surface area contributed by atoms with Crippen LogP contribution in [0.15, 0.2) is 6.33 Å². The summed E-state index contributed by atoms with van der Waals surface area (Å²) in [5.74, 6) is -0.873. The van der Waals surface area contributed by atoms with E-state index in [1.54, 1.807) is 20.8 Å². The molecule has 4 rings (SSSR count). The smallest absolute Gasteiger partial charge is 0.475 e. The third-order valence-electron chi connectivity index (χ3n) is 5.77. The first-order chi connectivity index (χ1) is 18.4. The molecular weight excluding hydrogens is 546 g/mol.